The number of rotatable bonds is 6. The minimum atomic E-state index is 0.0592. The van der Waals surface area contributed by atoms with E-state index in [1.807, 2.05) is 31.1 Å². The Hall–Kier alpha value is -1.58. The molecule has 0 bridgehead atoms. The van der Waals surface area contributed by atoms with Crippen molar-refractivity contribution in [3.63, 3.8) is 0 Å². The van der Waals surface area contributed by atoms with Gasteiger partial charge in [0.25, 0.3) is 5.91 Å². The second-order valence-corrected chi connectivity index (χ2v) is 6.47. The summed E-state index contributed by atoms with van der Waals surface area (Å²) >= 11 is 0. The topological polar surface area (TPSA) is 45.2 Å². The number of nitrogens with one attached hydrogen (secondary N) is 1. The zero-order valence-electron chi connectivity index (χ0n) is 14.4. The molecule has 1 N–H and O–H groups in total. The molecule has 0 saturated heterocycles. The molecule has 21 heavy (non-hydrogen) atoms. The first-order chi connectivity index (χ1) is 9.76. The van der Waals surface area contributed by atoms with Gasteiger partial charge in [-0.05, 0) is 37.3 Å². The fraction of sp³-hybridized carbons (Fsp3) is 0.647. The molecule has 4 nitrogen and oxygen atoms in total. The normalized spacial score (nSPS) is 12.6. The number of anilines is 1. The summed E-state index contributed by atoms with van der Waals surface area (Å²) in [4.78, 5) is 19.0. The lowest BCUT2D eigenvalue weighted by Crippen LogP contribution is -2.36. The number of carbonyl (C=O) groups excluding carboxylic acids is 1. The van der Waals surface area contributed by atoms with Gasteiger partial charge in [0.2, 0.25) is 0 Å². The third-order valence-electron chi connectivity index (χ3n) is 3.73. The van der Waals surface area contributed by atoms with Gasteiger partial charge in [0, 0.05) is 31.4 Å². The Kier molecular flexibility index (Phi) is 6.19. The zero-order valence-corrected chi connectivity index (χ0v) is 14.4. The standard InChI is InChI=1S/C17H29N3O/c1-11(2)8-13(5)20(7)17(21)14-9-15(12(3)4)19-16(10-14)18-6/h9-13H,8H2,1-7H3,(H,18,19). The molecule has 1 heterocycles. The summed E-state index contributed by atoms with van der Waals surface area (Å²) in [5, 5.41) is 3.04. The molecule has 0 aromatic carbocycles. The number of pyridine rings is 1. The minimum Gasteiger partial charge on any atom is -0.373 e. The molecule has 0 fully saturated rings. The lowest BCUT2D eigenvalue weighted by Gasteiger charge is -2.26. The van der Waals surface area contributed by atoms with Crippen molar-refractivity contribution in [2.75, 3.05) is 19.4 Å². The summed E-state index contributed by atoms with van der Waals surface area (Å²) in [6, 6.07) is 3.96. The Balaban J connectivity index is 3.03. The summed E-state index contributed by atoms with van der Waals surface area (Å²) in [6.45, 7) is 10.6. The van der Waals surface area contributed by atoms with Crippen molar-refractivity contribution in [3.05, 3.63) is 23.4 Å². The van der Waals surface area contributed by atoms with E-state index in [0.717, 1.165) is 17.9 Å². The van der Waals surface area contributed by atoms with Crippen LogP contribution in [0.4, 0.5) is 5.82 Å². The molecular weight excluding hydrogens is 262 g/mol. The first-order valence-electron chi connectivity index (χ1n) is 7.73. The van der Waals surface area contributed by atoms with Gasteiger partial charge in [0.15, 0.2) is 0 Å². The molecule has 1 unspecified atom stereocenters. The molecule has 1 atom stereocenters. The van der Waals surface area contributed by atoms with Gasteiger partial charge in [-0.3, -0.25) is 4.79 Å². The molecule has 0 radical (unpaired) electrons. The number of hydrogen-bond donors (Lipinski definition) is 1. The maximum absolute atomic E-state index is 12.7. The first kappa shape index (κ1) is 17.5. The van der Waals surface area contributed by atoms with Crippen molar-refractivity contribution < 1.29 is 4.79 Å². The highest BCUT2D eigenvalue weighted by atomic mass is 16.2. The van der Waals surface area contributed by atoms with E-state index < -0.39 is 0 Å². The molecule has 1 rings (SSSR count). The van der Waals surface area contributed by atoms with Crippen LogP contribution in [0.2, 0.25) is 0 Å². The van der Waals surface area contributed by atoms with Crippen LogP contribution < -0.4 is 5.32 Å². The molecule has 1 amide bonds. The van der Waals surface area contributed by atoms with Crippen molar-refractivity contribution in [1.82, 2.24) is 9.88 Å². The Bertz CT molecular complexity index is 483. The Morgan fingerprint density at radius 3 is 2.33 bits per heavy atom. The van der Waals surface area contributed by atoms with E-state index in [1.54, 1.807) is 0 Å². The monoisotopic (exact) mass is 291 g/mol. The molecule has 0 aliphatic heterocycles. The number of nitrogens with zero attached hydrogens (tertiary/aromatic N) is 2. The third kappa shape index (κ3) is 4.73. The first-order valence-corrected chi connectivity index (χ1v) is 7.73. The van der Waals surface area contributed by atoms with E-state index in [4.69, 9.17) is 0 Å². The highest BCUT2D eigenvalue weighted by Crippen LogP contribution is 2.20. The molecule has 4 heteroatoms. The Morgan fingerprint density at radius 1 is 1.24 bits per heavy atom. The van der Waals surface area contributed by atoms with Crippen LogP contribution in [0.1, 0.15) is 63.0 Å². The fourth-order valence-corrected chi connectivity index (χ4v) is 2.34. The summed E-state index contributed by atoms with van der Waals surface area (Å²) in [5.74, 6) is 1.67. The quantitative estimate of drug-likeness (QED) is 0.868. The molecule has 0 saturated carbocycles. The third-order valence-corrected chi connectivity index (χ3v) is 3.73. The minimum absolute atomic E-state index is 0.0592. The summed E-state index contributed by atoms with van der Waals surface area (Å²) in [6.07, 6.45) is 1.00. The van der Waals surface area contributed by atoms with Crippen LogP contribution in [0.15, 0.2) is 12.1 Å². The molecule has 1 aromatic rings. The Morgan fingerprint density at radius 2 is 1.86 bits per heavy atom. The van der Waals surface area contributed by atoms with E-state index >= 15 is 0 Å². The van der Waals surface area contributed by atoms with E-state index in [0.29, 0.717) is 17.4 Å². The largest absolute Gasteiger partial charge is 0.373 e. The molecule has 0 aliphatic rings. The number of carbonyl (C=O) groups is 1. The summed E-state index contributed by atoms with van der Waals surface area (Å²) < 4.78 is 0. The zero-order chi connectivity index (χ0) is 16.2. The molecule has 118 valence electrons. The van der Waals surface area contributed by atoms with E-state index in [2.05, 4.69) is 44.9 Å². The van der Waals surface area contributed by atoms with E-state index in [-0.39, 0.29) is 11.9 Å². The number of aromatic nitrogens is 1. The highest BCUT2D eigenvalue weighted by molar-refractivity contribution is 5.95. The van der Waals surface area contributed by atoms with E-state index in [9.17, 15) is 4.79 Å². The van der Waals surface area contributed by atoms with Crippen molar-refractivity contribution in [2.45, 2.75) is 53.0 Å². The molecule has 0 spiro atoms. The van der Waals surface area contributed by atoms with Crippen molar-refractivity contribution in [1.29, 1.82) is 0 Å². The summed E-state index contributed by atoms with van der Waals surface area (Å²) in [7, 11) is 3.70. The predicted octanol–water partition coefficient (Wildman–Crippen LogP) is 3.75. The highest BCUT2D eigenvalue weighted by Gasteiger charge is 2.20. The van der Waals surface area contributed by atoms with Crippen molar-refractivity contribution >= 4 is 11.7 Å². The smallest absolute Gasteiger partial charge is 0.254 e. The maximum Gasteiger partial charge on any atom is 0.254 e. The van der Waals surface area contributed by atoms with Crippen LogP contribution in [0.3, 0.4) is 0 Å². The summed E-state index contributed by atoms with van der Waals surface area (Å²) in [5.41, 5.74) is 1.64. The van der Waals surface area contributed by atoms with Gasteiger partial charge in [0.05, 0.1) is 0 Å². The van der Waals surface area contributed by atoms with Gasteiger partial charge < -0.3 is 10.2 Å². The molecule has 1 aromatic heterocycles. The maximum atomic E-state index is 12.7. The van der Waals surface area contributed by atoms with Gasteiger partial charge in [-0.1, -0.05) is 27.7 Å². The fourth-order valence-electron chi connectivity index (χ4n) is 2.34. The average molecular weight is 291 g/mol. The van der Waals surface area contributed by atoms with Crippen molar-refractivity contribution in [2.24, 2.45) is 5.92 Å². The van der Waals surface area contributed by atoms with Gasteiger partial charge in [-0.25, -0.2) is 4.98 Å². The predicted molar refractivity (Wildman–Crippen MR) is 88.9 cm³/mol. The van der Waals surface area contributed by atoms with Crippen LogP contribution >= 0.6 is 0 Å². The van der Waals surface area contributed by atoms with Gasteiger partial charge in [0.1, 0.15) is 5.82 Å². The lowest BCUT2D eigenvalue weighted by atomic mass is 10.0. The van der Waals surface area contributed by atoms with Crippen LogP contribution in [0.25, 0.3) is 0 Å². The lowest BCUT2D eigenvalue weighted by molar-refractivity contribution is 0.0728. The van der Waals surface area contributed by atoms with Crippen LogP contribution in [0.5, 0.6) is 0 Å². The second kappa shape index (κ2) is 7.43. The molecular formula is C17H29N3O. The second-order valence-electron chi connectivity index (χ2n) is 6.47. The van der Waals surface area contributed by atoms with Crippen LogP contribution in [0, 0.1) is 5.92 Å². The average Bonchev–Trinajstić information content (AvgIpc) is 2.44. The van der Waals surface area contributed by atoms with Crippen LogP contribution in [-0.2, 0) is 0 Å². The van der Waals surface area contributed by atoms with E-state index in [1.165, 1.54) is 0 Å². The SMILES string of the molecule is CNc1cc(C(=O)N(C)C(C)CC(C)C)cc(C(C)C)n1. The Labute approximate surface area is 129 Å². The van der Waals surface area contributed by atoms with Gasteiger partial charge >= 0.3 is 0 Å². The van der Waals surface area contributed by atoms with Gasteiger partial charge in [-0.2, -0.15) is 0 Å². The number of hydrogen-bond acceptors (Lipinski definition) is 3. The number of amides is 1. The molecule has 0 aliphatic carbocycles. The van der Waals surface area contributed by atoms with Gasteiger partial charge in [-0.15, -0.1) is 0 Å². The van der Waals surface area contributed by atoms with Crippen LogP contribution in [-0.4, -0.2) is 35.9 Å². The van der Waals surface area contributed by atoms with Crippen molar-refractivity contribution in [3.8, 4) is 0 Å².